The maximum Gasteiger partial charge on any atom is 0.191 e. The zero-order valence-corrected chi connectivity index (χ0v) is 13.0. The molecule has 0 aliphatic carbocycles. The molecule has 0 aromatic heterocycles. The molecule has 2 saturated heterocycles. The SMILES string of the molecule is CCNC(=NCCc1ccc(F)cc1)NC1CC2CCC1O2. The van der Waals surface area contributed by atoms with E-state index in [2.05, 4.69) is 22.5 Å². The van der Waals surface area contributed by atoms with Crippen molar-refractivity contribution in [3.8, 4) is 0 Å². The summed E-state index contributed by atoms with van der Waals surface area (Å²) in [5.41, 5.74) is 1.10. The summed E-state index contributed by atoms with van der Waals surface area (Å²) in [6.07, 6.45) is 5.01. The summed E-state index contributed by atoms with van der Waals surface area (Å²) in [6, 6.07) is 7.00. The summed E-state index contributed by atoms with van der Waals surface area (Å²) in [5, 5.41) is 6.79. The molecule has 0 spiro atoms. The Kier molecular flexibility index (Phi) is 4.93. The molecular weight excluding hydrogens is 281 g/mol. The maximum atomic E-state index is 12.9. The largest absolute Gasteiger partial charge is 0.373 e. The number of ether oxygens (including phenoxy) is 1. The molecule has 2 aliphatic heterocycles. The minimum atomic E-state index is -0.196. The summed E-state index contributed by atoms with van der Waals surface area (Å²) < 4.78 is 18.7. The van der Waals surface area contributed by atoms with Crippen LogP contribution in [0, 0.1) is 5.82 Å². The van der Waals surface area contributed by atoms with E-state index in [-0.39, 0.29) is 5.82 Å². The second kappa shape index (κ2) is 7.09. The Morgan fingerprint density at radius 3 is 2.77 bits per heavy atom. The average Bonchev–Trinajstić information content (AvgIpc) is 3.12. The Balaban J connectivity index is 1.52. The number of guanidine groups is 1. The molecule has 1 aromatic carbocycles. The van der Waals surface area contributed by atoms with Crippen LogP contribution in [0.5, 0.6) is 0 Å². The van der Waals surface area contributed by atoms with Crippen LogP contribution in [0.3, 0.4) is 0 Å². The topological polar surface area (TPSA) is 45.7 Å². The van der Waals surface area contributed by atoms with Gasteiger partial charge in [0, 0.05) is 13.1 Å². The van der Waals surface area contributed by atoms with Crippen molar-refractivity contribution >= 4 is 5.96 Å². The first-order chi connectivity index (χ1) is 10.7. The Bertz CT molecular complexity index is 517. The Morgan fingerprint density at radius 2 is 2.14 bits per heavy atom. The third-order valence-corrected chi connectivity index (χ3v) is 4.36. The average molecular weight is 305 g/mol. The number of aliphatic imine (C=N–C) groups is 1. The van der Waals surface area contributed by atoms with Crippen molar-refractivity contribution in [2.75, 3.05) is 13.1 Å². The summed E-state index contributed by atoms with van der Waals surface area (Å²) >= 11 is 0. The molecule has 0 amide bonds. The molecule has 2 aliphatic rings. The summed E-state index contributed by atoms with van der Waals surface area (Å²) in [5.74, 6) is 0.657. The standard InChI is InChI=1S/C17H24FN3O/c1-2-19-17(21-15-11-14-7-8-16(15)22-14)20-10-9-12-3-5-13(18)6-4-12/h3-6,14-16H,2,7-11H2,1H3,(H2,19,20,21). The van der Waals surface area contributed by atoms with Gasteiger partial charge in [-0.2, -0.15) is 0 Å². The fraction of sp³-hybridized carbons (Fsp3) is 0.588. The molecule has 0 saturated carbocycles. The first kappa shape index (κ1) is 15.3. The summed E-state index contributed by atoms with van der Waals surface area (Å²) in [6.45, 7) is 3.58. The lowest BCUT2D eigenvalue weighted by Gasteiger charge is -2.22. The lowest BCUT2D eigenvalue weighted by molar-refractivity contribution is 0.0992. The van der Waals surface area contributed by atoms with Gasteiger partial charge in [0.25, 0.3) is 0 Å². The molecule has 2 N–H and O–H groups in total. The van der Waals surface area contributed by atoms with E-state index in [1.807, 2.05) is 12.1 Å². The minimum absolute atomic E-state index is 0.196. The maximum absolute atomic E-state index is 12.9. The Hall–Kier alpha value is -1.62. The zero-order valence-electron chi connectivity index (χ0n) is 13.0. The molecule has 120 valence electrons. The van der Waals surface area contributed by atoms with Crippen LogP contribution < -0.4 is 10.6 Å². The van der Waals surface area contributed by atoms with Crippen molar-refractivity contribution in [3.63, 3.8) is 0 Å². The van der Waals surface area contributed by atoms with Gasteiger partial charge < -0.3 is 15.4 Å². The van der Waals surface area contributed by atoms with Gasteiger partial charge in [0.1, 0.15) is 5.82 Å². The van der Waals surface area contributed by atoms with E-state index < -0.39 is 0 Å². The highest BCUT2D eigenvalue weighted by atomic mass is 19.1. The smallest absolute Gasteiger partial charge is 0.191 e. The van der Waals surface area contributed by atoms with Gasteiger partial charge in [0.05, 0.1) is 18.2 Å². The zero-order chi connectivity index (χ0) is 15.4. The molecule has 2 bridgehead atoms. The van der Waals surface area contributed by atoms with Crippen LogP contribution in [0.4, 0.5) is 4.39 Å². The fourth-order valence-electron chi connectivity index (χ4n) is 3.23. The van der Waals surface area contributed by atoms with Gasteiger partial charge in [-0.25, -0.2) is 4.39 Å². The molecule has 2 fully saturated rings. The Labute approximate surface area is 131 Å². The van der Waals surface area contributed by atoms with Gasteiger partial charge in [0.15, 0.2) is 5.96 Å². The van der Waals surface area contributed by atoms with Gasteiger partial charge in [0.2, 0.25) is 0 Å². The van der Waals surface area contributed by atoms with E-state index >= 15 is 0 Å². The molecule has 5 heteroatoms. The lowest BCUT2D eigenvalue weighted by Crippen LogP contribution is -2.47. The van der Waals surface area contributed by atoms with Crippen molar-refractivity contribution in [2.24, 2.45) is 4.99 Å². The van der Waals surface area contributed by atoms with E-state index in [1.165, 1.54) is 18.6 Å². The molecule has 3 rings (SSSR count). The minimum Gasteiger partial charge on any atom is -0.373 e. The third kappa shape index (κ3) is 3.77. The number of nitrogens with one attached hydrogen (secondary N) is 2. The first-order valence-corrected chi connectivity index (χ1v) is 8.19. The molecule has 22 heavy (non-hydrogen) atoms. The molecule has 1 aromatic rings. The van der Waals surface area contributed by atoms with Crippen molar-refractivity contribution < 1.29 is 9.13 Å². The van der Waals surface area contributed by atoms with Crippen LogP contribution in [0.25, 0.3) is 0 Å². The highest BCUT2D eigenvalue weighted by Gasteiger charge is 2.41. The fourth-order valence-corrected chi connectivity index (χ4v) is 3.23. The van der Waals surface area contributed by atoms with Crippen LogP contribution in [-0.4, -0.2) is 37.3 Å². The molecular formula is C17H24FN3O. The van der Waals surface area contributed by atoms with E-state index in [1.54, 1.807) is 0 Å². The highest BCUT2D eigenvalue weighted by Crippen LogP contribution is 2.34. The number of fused-ring (bicyclic) bond motifs is 2. The molecule has 4 nitrogen and oxygen atoms in total. The van der Waals surface area contributed by atoms with Crippen molar-refractivity contribution in [1.29, 1.82) is 0 Å². The van der Waals surface area contributed by atoms with E-state index in [9.17, 15) is 4.39 Å². The highest BCUT2D eigenvalue weighted by molar-refractivity contribution is 5.80. The van der Waals surface area contributed by atoms with Gasteiger partial charge in [-0.3, -0.25) is 4.99 Å². The number of hydrogen-bond acceptors (Lipinski definition) is 2. The van der Waals surface area contributed by atoms with E-state index in [4.69, 9.17) is 4.74 Å². The van der Waals surface area contributed by atoms with E-state index in [0.29, 0.717) is 24.8 Å². The number of rotatable bonds is 5. The van der Waals surface area contributed by atoms with Crippen molar-refractivity contribution in [2.45, 2.75) is 50.9 Å². The molecule has 3 atom stereocenters. The number of nitrogens with zero attached hydrogens (tertiary/aromatic N) is 1. The number of halogens is 1. The second-order valence-corrected chi connectivity index (χ2v) is 6.00. The third-order valence-electron chi connectivity index (χ3n) is 4.36. The second-order valence-electron chi connectivity index (χ2n) is 6.00. The molecule has 3 unspecified atom stereocenters. The number of benzene rings is 1. The predicted molar refractivity (Wildman–Crippen MR) is 85.5 cm³/mol. The number of hydrogen-bond donors (Lipinski definition) is 2. The lowest BCUT2D eigenvalue weighted by atomic mass is 9.96. The first-order valence-electron chi connectivity index (χ1n) is 8.19. The van der Waals surface area contributed by atoms with Crippen LogP contribution in [-0.2, 0) is 11.2 Å². The van der Waals surface area contributed by atoms with Gasteiger partial charge in [-0.05, 0) is 50.3 Å². The van der Waals surface area contributed by atoms with Crippen LogP contribution >= 0.6 is 0 Å². The van der Waals surface area contributed by atoms with Crippen LogP contribution in [0.1, 0.15) is 31.7 Å². The normalized spacial score (nSPS) is 27.2. The molecule has 0 radical (unpaired) electrons. The van der Waals surface area contributed by atoms with E-state index in [0.717, 1.165) is 37.3 Å². The van der Waals surface area contributed by atoms with Crippen molar-refractivity contribution in [3.05, 3.63) is 35.6 Å². The monoisotopic (exact) mass is 305 g/mol. The summed E-state index contributed by atoms with van der Waals surface area (Å²) in [4.78, 5) is 4.62. The van der Waals surface area contributed by atoms with Gasteiger partial charge in [-0.15, -0.1) is 0 Å². The Morgan fingerprint density at radius 1 is 1.32 bits per heavy atom. The van der Waals surface area contributed by atoms with Gasteiger partial charge in [-0.1, -0.05) is 12.1 Å². The molecule has 2 heterocycles. The summed E-state index contributed by atoms with van der Waals surface area (Å²) in [7, 11) is 0. The van der Waals surface area contributed by atoms with Crippen molar-refractivity contribution in [1.82, 2.24) is 10.6 Å². The van der Waals surface area contributed by atoms with Gasteiger partial charge >= 0.3 is 0 Å². The van der Waals surface area contributed by atoms with Crippen LogP contribution in [0.15, 0.2) is 29.3 Å². The predicted octanol–water partition coefficient (Wildman–Crippen LogP) is 2.24. The van der Waals surface area contributed by atoms with Crippen LogP contribution in [0.2, 0.25) is 0 Å². The quantitative estimate of drug-likeness (QED) is 0.648.